The number of ether oxygens (including phenoxy) is 1. The molecule has 0 saturated heterocycles. The zero-order valence-corrected chi connectivity index (χ0v) is 14.1. The first-order valence-electron chi connectivity index (χ1n) is 6.20. The lowest BCUT2D eigenvalue weighted by atomic mass is 10.3. The van der Waals surface area contributed by atoms with Crippen LogP contribution in [0, 0.1) is 0 Å². The molecule has 0 atom stereocenters. The first kappa shape index (κ1) is 16.0. The number of methoxy groups -OCH3 is 1. The number of nitrogens with one attached hydrogen (secondary N) is 2. The maximum absolute atomic E-state index is 12.3. The largest absolute Gasteiger partial charge is 0.494 e. The predicted molar refractivity (Wildman–Crippen MR) is 81.9 cm³/mol. The summed E-state index contributed by atoms with van der Waals surface area (Å²) >= 11 is 9.15. The Morgan fingerprint density at radius 2 is 2.10 bits per heavy atom. The van der Waals surface area contributed by atoms with Gasteiger partial charge in [-0.05, 0) is 40.9 Å². The van der Waals surface area contributed by atoms with Gasteiger partial charge in [0.15, 0.2) is 5.75 Å². The third-order valence-electron chi connectivity index (χ3n) is 2.90. The van der Waals surface area contributed by atoms with E-state index in [-0.39, 0.29) is 10.6 Å². The summed E-state index contributed by atoms with van der Waals surface area (Å²) in [4.78, 5) is 0.0331. The zero-order valence-electron chi connectivity index (χ0n) is 10.9. The molecule has 5 nitrogen and oxygen atoms in total. The van der Waals surface area contributed by atoms with Crippen LogP contribution < -0.4 is 14.8 Å². The van der Waals surface area contributed by atoms with Crippen LogP contribution in [0.15, 0.2) is 21.5 Å². The fourth-order valence-corrected chi connectivity index (χ4v) is 4.18. The molecule has 1 aromatic rings. The van der Waals surface area contributed by atoms with E-state index in [4.69, 9.17) is 16.3 Å². The molecule has 20 heavy (non-hydrogen) atoms. The van der Waals surface area contributed by atoms with Crippen molar-refractivity contribution < 1.29 is 13.2 Å². The molecule has 1 fully saturated rings. The smallest absolute Gasteiger partial charge is 0.244 e. The van der Waals surface area contributed by atoms with Crippen LogP contribution in [-0.2, 0) is 10.0 Å². The molecule has 0 aliphatic heterocycles. The Balaban J connectivity index is 2.10. The summed E-state index contributed by atoms with van der Waals surface area (Å²) in [7, 11) is -2.24. The average molecular weight is 384 g/mol. The van der Waals surface area contributed by atoms with Gasteiger partial charge < -0.3 is 10.1 Å². The Kier molecular flexibility index (Phi) is 5.30. The summed E-state index contributed by atoms with van der Waals surface area (Å²) < 4.78 is 32.7. The number of sulfonamides is 1. The molecule has 1 aliphatic rings. The highest BCUT2D eigenvalue weighted by atomic mass is 79.9. The van der Waals surface area contributed by atoms with Crippen LogP contribution in [0.3, 0.4) is 0 Å². The number of rotatable bonds is 7. The quantitative estimate of drug-likeness (QED) is 0.708. The van der Waals surface area contributed by atoms with Gasteiger partial charge in [0.25, 0.3) is 0 Å². The molecule has 0 bridgehead atoms. The molecule has 0 spiro atoms. The first-order valence-corrected chi connectivity index (χ1v) is 8.85. The number of hydrogen-bond donors (Lipinski definition) is 2. The van der Waals surface area contributed by atoms with Gasteiger partial charge in [0, 0.05) is 24.2 Å². The number of halogens is 2. The van der Waals surface area contributed by atoms with Crippen LogP contribution in [0.25, 0.3) is 0 Å². The Bertz CT molecular complexity index is 591. The van der Waals surface area contributed by atoms with Gasteiger partial charge in [-0.2, -0.15) is 0 Å². The molecule has 1 aliphatic carbocycles. The van der Waals surface area contributed by atoms with Gasteiger partial charge in [0.1, 0.15) is 4.90 Å². The summed E-state index contributed by atoms with van der Waals surface area (Å²) in [6.07, 6.45) is 2.34. The minimum absolute atomic E-state index is 0.0331. The number of benzene rings is 1. The van der Waals surface area contributed by atoms with Crippen LogP contribution in [0.4, 0.5) is 0 Å². The van der Waals surface area contributed by atoms with Crippen LogP contribution in [-0.4, -0.2) is 34.7 Å². The van der Waals surface area contributed by atoms with Gasteiger partial charge in [0.05, 0.1) is 11.6 Å². The van der Waals surface area contributed by atoms with Crippen LogP contribution in [0.2, 0.25) is 5.02 Å². The maximum atomic E-state index is 12.3. The van der Waals surface area contributed by atoms with Crippen molar-refractivity contribution in [2.75, 3.05) is 20.2 Å². The Morgan fingerprint density at radius 1 is 1.40 bits per heavy atom. The van der Waals surface area contributed by atoms with Crippen molar-refractivity contribution >= 4 is 37.6 Å². The fourth-order valence-electron chi connectivity index (χ4n) is 1.76. The van der Waals surface area contributed by atoms with Crippen LogP contribution in [0.1, 0.15) is 12.8 Å². The van der Waals surface area contributed by atoms with E-state index in [9.17, 15) is 8.42 Å². The van der Waals surface area contributed by atoms with Crippen molar-refractivity contribution in [3.8, 4) is 5.75 Å². The van der Waals surface area contributed by atoms with Gasteiger partial charge in [-0.25, -0.2) is 13.1 Å². The monoisotopic (exact) mass is 382 g/mol. The van der Waals surface area contributed by atoms with Gasteiger partial charge in [-0.15, -0.1) is 0 Å². The van der Waals surface area contributed by atoms with E-state index in [1.165, 1.54) is 26.0 Å². The van der Waals surface area contributed by atoms with E-state index in [1.807, 2.05) is 0 Å². The molecule has 0 amide bonds. The summed E-state index contributed by atoms with van der Waals surface area (Å²) in [6.45, 7) is 0.931. The molecule has 0 heterocycles. The zero-order chi connectivity index (χ0) is 14.8. The highest BCUT2D eigenvalue weighted by Crippen LogP contribution is 2.35. The molecule has 112 valence electrons. The predicted octanol–water partition coefficient (Wildman–Crippen LogP) is 2.14. The lowest BCUT2D eigenvalue weighted by Crippen LogP contribution is -2.32. The third kappa shape index (κ3) is 4.08. The molecule has 0 unspecified atom stereocenters. The Morgan fingerprint density at radius 3 is 2.70 bits per heavy atom. The van der Waals surface area contributed by atoms with Crippen LogP contribution in [0.5, 0.6) is 5.75 Å². The highest BCUT2D eigenvalue weighted by molar-refractivity contribution is 9.10. The second-order valence-electron chi connectivity index (χ2n) is 4.55. The van der Waals surface area contributed by atoms with Crippen molar-refractivity contribution in [2.24, 2.45) is 0 Å². The van der Waals surface area contributed by atoms with E-state index in [2.05, 4.69) is 26.0 Å². The van der Waals surface area contributed by atoms with E-state index in [0.29, 0.717) is 28.6 Å². The van der Waals surface area contributed by atoms with E-state index in [0.717, 1.165) is 0 Å². The molecule has 0 radical (unpaired) electrons. The molecule has 8 heteroatoms. The SMILES string of the molecule is COc1c(Br)cc(Cl)cc1S(=O)(=O)NCCNC1CC1. The van der Waals surface area contributed by atoms with E-state index < -0.39 is 10.0 Å². The summed E-state index contributed by atoms with van der Waals surface area (Å²) in [5.74, 6) is 0.247. The normalized spacial score (nSPS) is 15.3. The minimum atomic E-state index is -3.66. The molecular formula is C12H16BrClN2O3S. The molecule has 1 aromatic carbocycles. The minimum Gasteiger partial charge on any atom is -0.494 e. The van der Waals surface area contributed by atoms with Gasteiger partial charge in [-0.1, -0.05) is 11.6 Å². The van der Waals surface area contributed by atoms with Gasteiger partial charge >= 0.3 is 0 Å². The van der Waals surface area contributed by atoms with Crippen molar-refractivity contribution in [1.29, 1.82) is 0 Å². The molecular weight excluding hydrogens is 368 g/mol. The van der Waals surface area contributed by atoms with Crippen molar-refractivity contribution in [1.82, 2.24) is 10.0 Å². The molecule has 0 aromatic heterocycles. The second-order valence-corrected chi connectivity index (χ2v) is 7.57. The lowest BCUT2D eigenvalue weighted by Gasteiger charge is -2.13. The van der Waals surface area contributed by atoms with Crippen molar-refractivity contribution in [3.63, 3.8) is 0 Å². The van der Waals surface area contributed by atoms with E-state index >= 15 is 0 Å². The molecule has 2 rings (SSSR count). The Labute approximate surface area is 132 Å². The lowest BCUT2D eigenvalue weighted by molar-refractivity contribution is 0.399. The summed E-state index contributed by atoms with van der Waals surface area (Å²) in [5, 5.41) is 3.57. The van der Waals surface area contributed by atoms with E-state index in [1.54, 1.807) is 6.07 Å². The van der Waals surface area contributed by atoms with Crippen molar-refractivity contribution in [3.05, 3.63) is 21.6 Å². The summed E-state index contributed by atoms with van der Waals surface area (Å²) in [5.41, 5.74) is 0. The topological polar surface area (TPSA) is 67.4 Å². The average Bonchev–Trinajstić information content (AvgIpc) is 3.18. The first-order chi connectivity index (χ1) is 9.44. The van der Waals surface area contributed by atoms with Gasteiger partial charge in [0.2, 0.25) is 10.0 Å². The highest BCUT2D eigenvalue weighted by Gasteiger charge is 2.23. The van der Waals surface area contributed by atoms with Gasteiger partial charge in [-0.3, -0.25) is 0 Å². The molecule has 1 saturated carbocycles. The second kappa shape index (κ2) is 6.62. The maximum Gasteiger partial charge on any atom is 0.244 e. The van der Waals surface area contributed by atoms with Crippen LogP contribution >= 0.6 is 27.5 Å². The number of hydrogen-bond acceptors (Lipinski definition) is 4. The fraction of sp³-hybridized carbons (Fsp3) is 0.500. The standard InChI is InChI=1S/C12H16BrClN2O3S/c1-19-12-10(13)6-8(14)7-11(12)20(17,18)16-5-4-15-9-2-3-9/h6-7,9,15-16H,2-5H2,1H3. The third-order valence-corrected chi connectivity index (χ3v) is 5.17. The Hall–Kier alpha value is -0.340. The summed E-state index contributed by atoms with van der Waals surface area (Å²) in [6, 6.07) is 3.52. The van der Waals surface area contributed by atoms with Crippen molar-refractivity contribution in [2.45, 2.75) is 23.8 Å². The molecule has 2 N–H and O–H groups in total.